The molecule has 10 nitrogen and oxygen atoms in total. The number of alkyl halides is 6. The average Bonchev–Trinajstić information content (AvgIpc) is 3.02. The Labute approximate surface area is 181 Å². The maximum Gasteiger partial charge on any atom is 0.490 e. The molecule has 0 aliphatic carbocycles. The molecule has 0 bridgehead atoms. The number of carboxylic acid groups (broad SMARTS) is 2. The number of likely N-dealkylation sites (tertiary alicyclic amines) is 1. The molecule has 0 radical (unpaired) electrons. The van der Waals surface area contributed by atoms with E-state index in [2.05, 4.69) is 0 Å². The van der Waals surface area contributed by atoms with Gasteiger partial charge in [-0.25, -0.2) is 9.59 Å². The molecule has 0 aromatic heterocycles. The summed E-state index contributed by atoms with van der Waals surface area (Å²) in [6.45, 7) is 0.931. The van der Waals surface area contributed by atoms with E-state index in [1.54, 1.807) is 23.1 Å². The minimum atomic E-state index is -5.08. The summed E-state index contributed by atoms with van der Waals surface area (Å²) in [5.74, 6) is -7.01. The lowest BCUT2D eigenvalue weighted by molar-refractivity contribution is -0.193. The Morgan fingerprint density at radius 3 is 1.82 bits per heavy atom. The SMILES string of the molecule is N=C(N)c1cccc(CN2CC[C@@H](C(N)=O)C2=O)c1.O=C(O)C(F)(F)F.O=C(O)C(F)(F)F. The Hall–Kier alpha value is -3.85. The number of carbonyl (C=O) groups is 4. The third-order valence-electron chi connectivity index (χ3n) is 3.74. The molecule has 1 aromatic carbocycles. The van der Waals surface area contributed by atoms with Crippen molar-refractivity contribution in [2.75, 3.05) is 6.54 Å². The van der Waals surface area contributed by atoms with E-state index in [0.717, 1.165) is 5.56 Å². The molecular weight excluding hydrogens is 470 g/mol. The number of nitrogens with zero attached hydrogens (tertiary/aromatic N) is 1. The van der Waals surface area contributed by atoms with Crippen LogP contribution in [0.1, 0.15) is 17.5 Å². The van der Waals surface area contributed by atoms with Crippen LogP contribution in [0.15, 0.2) is 24.3 Å². The summed E-state index contributed by atoms with van der Waals surface area (Å²) in [4.78, 5) is 42.4. The number of carbonyl (C=O) groups excluding carboxylic acids is 2. The van der Waals surface area contributed by atoms with E-state index in [1.807, 2.05) is 6.07 Å². The molecular formula is C17H18F6N4O6. The van der Waals surface area contributed by atoms with Crippen LogP contribution in [0, 0.1) is 11.3 Å². The number of amides is 2. The van der Waals surface area contributed by atoms with E-state index in [0.29, 0.717) is 25.1 Å². The highest BCUT2D eigenvalue weighted by atomic mass is 19.4. The lowest BCUT2D eigenvalue weighted by Gasteiger charge is -2.16. The highest BCUT2D eigenvalue weighted by molar-refractivity contribution is 6.01. The molecule has 16 heteroatoms. The molecule has 1 aliphatic rings. The number of amidine groups is 1. The lowest BCUT2D eigenvalue weighted by atomic mass is 10.1. The minimum absolute atomic E-state index is 0.00962. The largest absolute Gasteiger partial charge is 0.490 e. The number of nitrogens with one attached hydrogen (secondary N) is 1. The highest BCUT2D eigenvalue weighted by Crippen LogP contribution is 2.20. The van der Waals surface area contributed by atoms with Gasteiger partial charge < -0.3 is 26.6 Å². The van der Waals surface area contributed by atoms with Gasteiger partial charge in [-0.1, -0.05) is 18.2 Å². The number of carboxylic acids is 2. The first kappa shape index (κ1) is 29.1. The third kappa shape index (κ3) is 10.3. The van der Waals surface area contributed by atoms with E-state index >= 15 is 0 Å². The number of primary amides is 1. The second-order valence-corrected chi connectivity index (χ2v) is 6.22. The zero-order chi connectivity index (χ0) is 26.1. The van der Waals surface area contributed by atoms with Crippen molar-refractivity contribution in [3.8, 4) is 0 Å². The standard InChI is InChI=1S/C13H16N4O2.2C2HF3O2/c14-11(15)9-3-1-2-8(6-9)7-17-5-4-10(12(16)18)13(17)19;2*3-2(4,5)1(6)7/h1-3,6,10H,4-5,7H2,(H3,14,15)(H2,16,18);2*(H,6,7)/t10-;;/m0../s1. The molecule has 33 heavy (non-hydrogen) atoms. The van der Waals surface area contributed by atoms with Gasteiger partial charge in [0.25, 0.3) is 0 Å². The van der Waals surface area contributed by atoms with Crippen molar-refractivity contribution in [2.24, 2.45) is 17.4 Å². The summed E-state index contributed by atoms with van der Waals surface area (Å²) in [5, 5.41) is 21.6. The quantitative estimate of drug-likeness (QED) is 0.181. The van der Waals surface area contributed by atoms with Crippen LogP contribution in [-0.2, 0) is 25.7 Å². The number of aliphatic carboxylic acids is 2. The van der Waals surface area contributed by atoms with Crippen LogP contribution in [0.4, 0.5) is 26.3 Å². The maximum atomic E-state index is 11.9. The number of nitrogen functional groups attached to an aromatic ring is 1. The molecule has 1 saturated heterocycles. The summed E-state index contributed by atoms with van der Waals surface area (Å²) in [6, 6.07) is 7.16. The van der Waals surface area contributed by atoms with Crippen molar-refractivity contribution in [3.63, 3.8) is 0 Å². The number of halogens is 6. The van der Waals surface area contributed by atoms with Gasteiger partial charge >= 0.3 is 24.3 Å². The summed E-state index contributed by atoms with van der Waals surface area (Å²) in [6.07, 6.45) is -9.69. The molecule has 1 heterocycles. The Balaban J connectivity index is 0.000000605. The van der Waals surface area contributed by atoms with Crippen LogP contribution in [-0.4, -0.2) is 63.6 Å². The van der Waals surface area contributed by atoms with Gasteiger partial charge in [-0.3, -0.25) is 15.0 Å². The van der Waals surface area contributed by atoms with Crippen LogP contribution < -0.4 is 11.5 Å². The van der Waals surface area contributed by atoms with Gasteiger partial charge in [-0.05, 0) is 18.1 Å². The van der Waals surface area contributed by atoms with E-state index in [9.17, 15) is 35.9 Å². The first-order chi connectivity index (χ1) is 14.9. The monoisotopic (exact) mass is 488 g/mol. The molecule has 0 unspecified atom stereocenters. The Bertz CT molecular complexity index is 879. The molecule has 1 atom stereocenters. The van der Waals surface area contributed by atoms with Crippen molar-refractivity contribution >= 4 is 29.6 Å². The number of rotatable bonds is 4. The first-order valence-corrected chi connectivity index (χ1v) is 8.49. The van der Waals surface area contributed by atoms with Crippen LogP contribution >= 0.6 is 0 Å². The molecule has 0 spiro atoms. The number of hydrogen-bond acceptors (Lipinski definition) is 5. The molecule has 1 aromatic rings. The van der Waals surface area contributed by atoms with Crippen molar-refractivity contribution in [1.82, 2.24) is 4.90 Å². The maximum absolute atomic E-state index is 11.9. The zero-order valence-corrected chi connectivity index (χ0v) is 16.4. The van der Waals surface area contributed by atoms with Crippen LogP contribution in [0.25, 0.3) is 0 Å². The molecule has 1 aliphatic heterocycles. The second-order valence-electron chi connectivity index (χ2n) is 6.22. The molecule has 0 saturated carbocycles. The Morgan fingerprint density at radius 2 is 1.48 bits per heavy atom. The van der Waals surface area contributed by atoms with Gasteiger partial charge in [0.15, 0.2) is 0 Å². The Kier molecular flexibility index (Phi) is 10.3. The topological polar surface area (TPSA) is 188 Å². The van der Waals surface area contributed by atoms with Crippen molar-refractivity contribution in [1.29, 1.82) is 5.41 Å². The van der Waals surface area contributed by atoms with E-state index in [4.69, 9.17) is 36.7 Å². The second kappa shape index (κ2) is 11.7. The smallest absolute Gasteiger partial charge is 0.475 e. The summed E-state index contributed by atoms with van der Waals surface area (Å²) >= 11 is 0. The fraction of sp³-hybridized carbons (Fsp3) is 0.353. The van der Waals surface area contributed by atoms with Gasteiger partial charge in [0.05, 0.1) is 0 Å². The predicted molar refractivity (Wildman–Crippen MR) is 97.6 cm³/mol. The molecule has 184 valence electrons. The lowest BCUT2D eigenvalue weighted by Crippen LogP contribution is -2.33. The van der Waals surface area contributed by atoms with Crippen LogP contribution in [0.5, 0.6) is 0 Å². The molecule has 1 fully saturated rings. The Morgan fingerprint density at radius 1 is 1.03 bits per heavy atom. The molecule has 7 N–H and O–H groups in total. The number of benzene rings is 1. The van der Waals surface area contributed by atoms with Crippen LogP contribution in [0.2, 0.25) is 0 Å². The summed E-state index contributed by atoms with van der Waals surface area (Å²) in [7, 11) is 0. The van der Waals surface area contributed by atoms with E-state index in [-0.39, 0.29) is 11.7 Å². The van der Waals surface area contributed by atoms with Gasteiger partial charge in [-0.15, -0.1) is 0 Å². The minimum Gasteiger partial charge on any atom is -0.475 e. The molecule has 2 rings (SSSR count). The number of hydrogen-bond donors (Lipinski definition) is 5. The van der Waals surface area contributed by atoms with Crippen LogP contribution in [0.3, 0.4) is 0 Å². The number of nitrogens with two attached hydrogens (primary N) is 2. The molecule has 2 amide bonds. The van der Waals surface area contributed by atoms with E-state index < -0.39 is 36.1 Å². The predicted octanol–water partition coefficient (Wildman–Crippen LogP) is 1.07. The first-order valence-electron chi connectivity index (χ1n) is 8.49. The summed E-state index contributed by atoms with van der Waals surface area (Å²) in [5.41, 5.74) is 12.1. The van der Waals surface area contributed by atoms with Gasteiger partial charge in [0, 0.05) is 18.7 Å². The van der Waals surface area contributed by atoms with Gasteiger partial charge in [0.2, 0.25) is 11.8 Å². The highest BCUT2D eigenvalue weighted by Gasteiger charge is 2.39. The van der Waals surface area contributed by atoms with Gasteiger partial charge in [-0.2, -0.15) is 26.3 Å². The van der Waals surface area contributed by atoms with Gasteiger partial charge in [0.1, 0.15) is 11.8 Å². The van der Waals surface area contributed by atoms with E-state index in [1.165, 1.54) is 0 Å². The van der Waals surface area contributed by atoms with Crippen molar-refractivity contribution < 1.29 is 55.7 Å². The normalized spacial score (nSPS) is 15.5. The zero-order valence-electron chi connectivity index (χ0n) is 16.4. The fourth-order valence-electron chi connectivity index (χ4n) is 2.22. The third-order valence-corrected chi connectivity index (χ3v) is 3.74. The average molecular weight is 488 g/mol. The van der Waals surface area contributed by atoms with Crippen molar-refractivity contribution in [3.05, 3.63) is 35.4 Å². The fourth-order valence-corrected chi connectivity index (χ4v) is 2.22. The summed E-state index contributed by atoms with van der Waals surface area (Å²) < 4.78 is 63.5. The van der Waals surface area contributed by atoms with Crippen molar-refractivity contribution in [2.45, 2.75) is 25.3 Å².